The van der Waals surface area contributed by atoms with E-state index >= 15 is 0 Å². The lowest BCUT2D eigenvalue weighted by Gasteiger charge is -2.01. The summed E-state index contributed by atoms with van der Waals surface area (Å²) in [5.41, 5.74) is -0.108. The fraction of sp³-hybridized carbons (Fsp3) is 0.222. The lowest BCUT2D eigenvalue weighted by Crippen LogP contribution is -2.05. The quantitative estimate of drug-likeness (QED) is 0.433. The van der Waals surface area contributed by atoms with Gasteiger partial charge in [0.2, 0.25) is 5.65 Å². The molecular formula is C9H8N4O4. The molecule has 0 aromatic carbocycles. The van der Waals surface area contributed by atoms with Gasteiger partial charge in [-0.05, 0) is 6.92 Å². The third-order valence-electron chi connectivity index (χ3n) is 2.27. The summed E-state index contributed by atoms with van der Waals surface area (Å²) in [6, 6.07) is 1.12. The van der Waals surface area contributed by atoms with Crippen LogP contribution in [0.4, 0.5) is 5.69 Å². The summed E-state index contributed by atoms with van der Waals surface area (Å²) in [5, 5.41) is 18.3. The van der Waals surface area contributed by atoms with E-state index < -0.39 is 10.9 Å². The van der Waals surface area contributed by atoms with E-state index in [1.54, 1.807) is 6.92 Å². The molecule has 17 heavy (non-hydrogen) atoms. The van der Waals surface area contributed by atoms with Crippen molar-refractivity contribution >= 4 is 17.3 Å². The lowest BCUT2D eigenvalue weighted by molar-refractivity contribution is -0.383. The number of hydrogen-bond acceptors (Lipinski definition) is 6. The molecule has 0 bridgehead atoms. The van der Waals surface area contributed by atoms with E-state index in [-0.39, 0.29) is 16.9 Å². The standard InChI is InChI=1S/C9H8N4O4/c1-5-10-11-8-7(13(15)16)3-6(4-12(5)8)9(14)17-2/h3-4H,1-2H3. The first-order valence-electron chi connectivity index (χ1n) is 4.62. The van der Waals surface area contributed by atoms with Gasteiger partial charge >= 0.3 is 11.7 Å². The highest BCUT2D eigenvalue weighted by atomic mass is 16.6. The number of esters is 1. The molecule has 0 N–H and O–H groups in total. The Bertz CT molecular complexity index is 619. The van der Waals surface area contributed by atoms with Gasteiger partial charge in [0.15, 0.2) is 0 Å². The van der Waals surface area contributed by atoms with Crippen molar-refractivity contribution in [2.24, 2.45) is 0 Å². The number of carbonyl (C=O) groups is 1. The van der Waals surface area contributed by atoms with Crippen molar-refractivity contribution in [1.29, 1.82) is 0 Å². The first-order chi connectivity index (χ1) is 8.04. The topological polar surface area (TPSA) is 99.6 Å². The van der Waals surface area contributed by atoms with Gasteiger partial charge in [0.25, 0.3) is 0 Å². The van der Waals surface area contributed by atoms with Gasteiger partial charge in [0.1, 0.15) is 5.82 Å². The van der Waals surface area contributed by atoms with Gasteiger partial charge in [0, 0.05) is 12.3 Å². The molecule has 8 nitrogen and oxygen atoms in total. The highest BCUT2D eigenvalue weighted by Gasteiger charge is 2.20. The zero-order valence-corrected chi connectivity index (χ0v) is 9.08. The average Bonchev–Trinajstić information content (AvgIpc) is 2.69. The Kier molecular flexibility index (Phi) is 2.47. The summed E-state index contributed by atoms with van der Waals surface area (Å²) >= 11 is 0. The Balaban J connectivity index is 2.78. The largest absolute Gasteiger partial charge is 0.465 e. The van der Waals surface area contributed by atoms with Gasteiger partial charge < -0.3 is 4.74 Å². The van der Waals surface area contributed by atoms with Crippen LogP contribution in [-0.2, 0) is 4.74 Å². The molecule has 2 rings (SSSR count). The summed E-state index contributed by atoms with van der Waals surface area (Å²) in [6.45, 7) is 1.63. The smallest absolute Gasteiger partial charge is 0.339 e. The van der Waals surface area contributed by atoms with Crippen molar-refractivity contribution < 1.29 is 14.5 Å². The Morgan fingerprint density at radius 3 is 2.82 bits per heavy atom. The lowest BCUT2D eigenvalue weighted by atomic mass is 10.2. The minimum Gasteiger partial charge on any atom is -0.465 e. The van der Waals surface area contributed by atoms with Crippen LogP contribution in [0.15, 0.2) is 12.3 Å². The van der Waals surface area contributed by atoms with Gasteiger partial charge in [-0.25, -0.2) is 4.79 Å². The summed E-state index contributed by atoms with van der Waals surface area (Å²) in [4.78, 5) is 21.6. The van der Waals surface area contributed by atoms with Crippen LogP contribution in [0, 0.1) is 17.0 Å². The van der Waals surface area contributed by atoms with E-state index in [1.807, 2.05) is 0 Å². The number of nitrogens with zero attached hydrogens (tertiary/aromatic N) is 4. The van der Waals surface area contributed by atoms with Crippen molar-refractivity contribution in [2.75, 3.05) is 7.11 Å². The number of fused-ring (bicyclic) bond motifs is 1. The zero-order chi connectivity index (χ0) is 12.6. The minimum atomic E-state index is -0.650. The third-order valence-corrected chi connectivity index (χ3v) is 2.27. The monoisotopic (exact) mass is 236 g/mol. The van der Waals surface area contributed by atoms with E-state index in [2.05, 4.69) is 14.9 Å². The molecule has 8 heteroatoms. The second-order valence-corrected chi connectivity index (χ2v) is 3.30. The van der Waals surface area contributed by atoms with E-state index in [1.165, 1.54) is 17.7 Å². The second kappa shape index (κ2) is 3.81. The van der Waals surface area contributed by atoms with Crippen molar-refractivity contribution in [3.63, 3.8) is 0 Å². The predicted molar refractivity (Wildman–Crippen MR) is 55.7 cm³/mol. The highest BCUT2D eigenvalue weighted by molar-refractivity contribution is 5.90. The first-order valence-corrected chi connectivity index (χ1v) is 4.62. The van der Waals surface area contributed by atoms with Gasteiger partial charge in [-0.15, -0.1) is 10.2 Å². The van der Waals surface area contributed by atoms with Gasteiger partial charge in [-0.1, -0.05) is 0 Å². The number of nitro groups is 1. The number of pyridine rings is 1. The summed E-state index contributed by atoms with van der Waals surface area (Å²) in [7, 11) is 1.21. The first kappa shape index (κ1) is 11.0. The number of ether oxygens (including phenoxy) is 1. The summed E-state index contributed by atoms with van der Waals surface area (Å²) < 4.78 is 5.90. The van der Waals surface area contributed by atoms with Crippen LogP contribution in [0.5, 0.6) is 0 Å². The summed E-state index contributed by atoms with van der Waals surface area (Å²) in [6.07, 6.45) is 1.41. The van der Waals surface area contributed by atoms with Crippen LogP contribution in [0.2, 0.25) is 0 Å². The van der Waals surface area contributed by atoms with Crippen LogP contribution in [-0.4, -0.2) is 32.6 Å². The summed E-state index contributed by atoms with van der Waals surface area (Å²) in [5.74, 6) is -0.197. The molecular weight excluding hydrogens is 228 g/mol. The maximum absolute atomic E-state index is 11.4. The van der Waals surface area contributed by atoms with Crippen molar-refractivity contribution in [3.05, 3.63) is 33.8 Å². The second-order valence-electron chi connectivity index (χ2n) is 3.30. The molecule has 0 spiro atoms. The molecule has 0 radical (unpaired) electrons. The number of carbonyl (C=O) groups excluding carboxylic acids is 1. The van der Waals surface area contributed by atoms with E-state index in [9.17, 15) is 14.9 Å². The van der Waals surface area contributed by atoms with Crippen LogP contribution in [0.3, 0.4) is 0 Å². The fourth-order valence-corrected chi connectivity index (χ4v) is 1.45. The maximum atomic E-state index is 11.4. The number of rotatable bonds is 2. The van der Waals surface area contributed by atoms with Crippen molar-refractivity contribution in [1.82, 2.24) is 14.6 Å². The molecule has 88 valence electrons. The minimum absolute atomic E-state index is 0.0783. The molecule has 0 saturated heterocycles. The zero-order valence-electron chi connectivity index (χ0n) is 9.08. The Hall–Kier alpha value is -2.51. The van der Waals surface area contributed by atoms with E-state index in [0.717, 1.165) is 6.07 Å². The molecule has 0 atom stereocenters. The van der Waals surface area contributed by atoms with Crippen molar-refractivity contribution in [3.8, 4) is 0 Å². The number of aryl methyl sites for hydroxylation is 1. The van der Waals surface area contributed by atoms with Crippen LogP contribution < -0.4 is 0 Å². The van der Waals surface area contributed by atoms with Gasteiger partial charge in [-0.2, -0.15) is 0 Å². The van der Waals surface area contributed by atoms with Crippen molar-refractivity contribution in [2.45, 2.75) is 6.92 Å². The molecule has 0 aliphatic rings. The number of methoxy groups -OCH3 is 1. The normalized spacial score (nSPS) is 10.5. The Labute approximate surface area is 95.0 Å². The molecule has 2 heterocycles. The third kappa shape index (κ3) is 1.69. The van der Waals surface area contributed by atoms with Crippen LogP contribution >= 0.6 is 0 Å². The Morgan fingerprint density at radius 2 is 2.24 bits per heavy atom. The fourth-order valence-electron chi connectivity index (χ4n) is 1.45. The van der Waals surface area contributed by atoms with Gasteiger partial charge in [-0.3, -0.25) is 14.5 Å². The van der Waals surface area contributed by atoms with E-state index in [4.69, 9.17) is 0 Å². The van der Waals surface area contributed by atoms with Crippen LogP contribution in [0.1, 0.15) is 16.2 Å². The van der Waals surface area contributed by atoms with Crippen LogP contribution in [0.25, 0.3) is 5.65 Å². The predicted octanol–water partition coefficient (Wildman–Crippen LogP) is 0.733. The molecule has 0 fully saturated rings. The SMILES string of the molecule is COC(=O)c1cc([N+](=O)[O-])c2nnc(C)n2c1. The molecule has 2 aromatic rings. The molecule has 0 aliphatic heterocycles. The highest BCUT2D eigenvalue weighted by Crippen LogP contribution is 2.21. The molecule has 0 amide bonds. The molecule has 0 aliphatic carbocycles. The Morgan fingerprint density at radius 1 is 1.53 bits per heavy atom. The number of aromatic nitrogens is 3. The number of hydrogen-bond donors (Lipinski definition) is 0. The van der Waals surface area contributed by atoms with Gasteiger partial charge in [0.05, 0.1) is 17.6 Å². The maximum Gasteiger partial charge on any atom is 0.339 e. The molecule has 0 saturated carbocycles. The molecule has 2 aromatic heterocycles. The van der Waals surface area contributed by atoms with E-state index in [0.29, 0.717) is 5.82 Å². The average molecular weight is 236 g/mol. The molecule has 0 unspecified atom stereocenters.